The first-order valence-electron chi connectivity index (χ1n) is 8.08. The quantitative estimate of drug-likeness (QED) is 0.602. The molecule has 0 saturated heterocycles. The van der Waals surface area contributed by atoms with Crippen molar-refractivity contribution < 1.29 is 37.4 Å². The van der Waals surface area contributed by atoms with Crippen molar-refractivity contribution in [3.8, 4) is 0 Å². The summed E-state index contributed by atoms with van der Waals surface area (Å²) in [5.74, 6) is -7.59. The number of primary amides is 1. The lowest BCUT2D eigenvalue weighted by molar-refractivity contribution is -0.156. The fourth-order valence-corrected chi connectivity index (χ4v) is 2.25. The van der Waals surface area contributed by atoms with Crippen LogP contribution in [0.5, 0.6) is 0 Å². The number of hydrogen-bond donors (Lipinski definition) is 2. The minimum absolute atomic E-state index is 0.0305. The van der Waals surface area contributed by atoms with Crippen molar-refractivity contribution in [1.29, 1.82) is 0 Å². The maximum atomic E-state index is 13.8. The number of benzene rings is 1. The molecule has 0 aliphatic heterocycles. The molecule has 2 amide bonds. The van der Waals surface area contributed by atoms with Crippen LogP contribution in [0.2, 0.25) is 0 Å². The lowest BCUT2D eigenvalue weighted by atomic mass is 9.95. The third-order valence-corrected chi connectivity index (χ3v) is 3.45. The van der Waals surface area contributed by atoms with Crippen LogP contribution in [-0.2, 0) is 23.9 Å². The minimum Gasteiger partial charge on any atom is -0.466 e. The molecule has 0 radical (unpaired) electrons. The first-order valence-corrected chi connectivity index (χ1v) is 8.08. The first kappa shape index (κ1) is 22.0. The Kier molecular flexibility index (Phi) is 8.31. The molecule has 0 fully saturated rings. The summed E-state index contributed by atoms with van der Waals surface area (Å²) in [6.07, 6.45) is -0.591. The van der Waals surface area contributed by atoms with Crippen LogP contribution < -0.4 is 11.1 Å². The van der Waals surface area contributed by atoms with Crippen LogP contribution in [-0.4, -0.2) is 43.0 Å². The number of amides is 2. The normalized spacial score (nSPS) is 12.6. The molecule has 0 saturated carbocycles. The van der Waals surface area contributed by atoms with Gasteiger partial charge in [-0.2, -0.15) is 0 Å². The van der Waals surface area contributed by atoms with Gasteiger partial charge in [-0.15, -0.1) is 0 Å². The second-order valence-corrected chi connectivity index (χ2v) is 5.35. The highest BCUT2D eigenvalue weighted by molar-refractivity contribution is 5.99. The van der Waals surface area contributed by atoms with Crippen molar-refractivity contribution in [2.75, 3.05) is 13.2 Å². The molecule has 1 aromatic rings. The van der Waals surface area contributed by atoms with Crippen LogP contribution in [0.25, 0.3) is 0 Å². The molecule has 0 aliphatic rings. The number of ether oxygens (including phenoxy) is 2. The topological polar surface area (TPSA) is 125 Å². The van der Waals surface area contributed by atoms with Gasteiger partial charge in [-0.25, -0.2) is 8.78 Å². The molecule has 0 bridgehead atoms. The van der Waals surface area contributed by atoms with Crippen LogP contribution in [0.1, 0.15) is 30.6 Å². The number of esters is 2. The van der Waals surface area contributed by atoms with Crippen LogP contribution in [0.3, 0.4) is 0 Å². The van der Waals surface area contributed by atoms with Gasteiger partial charge in [-0.1, -0.05) is 0 Å². The standard InChI is InChI=1S/C17H20F2N2O6/c1-3-26-13(22)8-11(17(25)27-4-2)14(15(20)23)21-16(24)10-6-5-9(18)7-12(10)19/h5-7,11,14H,3-4,8H2,1-2H3,(H2,20,23)(H,21,24)/t11-,14+/m0/s1. The van der Waals surface area contributed by atoms with Gasteiger partial charge in [-0.05, 0) is 26.0 Å². The Balaban J connectivity index is 3.11. The molecule has 0 aliphatic carbocycles. The van der Waals surface area contributed by atoms with E-state index >= 15 is 0 Å². The largest absolute Gasteiger partial charge is 0.466 e. The van der Waals surface area contributed by atoms with Crippen molar-refractivity contribution in [3.05, 3.63) is 35.4 Å². The molecule has 8 nitrogen and oxygen atoms in total. The fourth-order valence-electron chi connectivity index (χ4n) is 2.25. The minimum atomic E-state index is -1.68. The van der Waals surface area contributed by atoms with Gasteiger partial charge in [0.25, 0.3) is 5.91 Å². The van der Waals surface area contributed by atoms with Crippen molar-refractivity contribution in [1.82, 2.24) is 5.32 Å². The Morgan fingerprint density at radius 2 is 1.74 bits per heavy atom. The molecular weight excluding hydrogens is 366 g/mol. The van der Waals surface area contributed by atoms with E-state index in [1.807, 2.05) is 0 Å². The van der Waals surface area contributed by atoms with Gasteiger partial charge < -0.3 is 20.5 Å². The number of nitrogens with one attached hydrogen (secondary N) is 1. The molecular formula is C17H20F2N2O6. The Bertz CT molecular complexity index is 725. The van der Waals surface area contributed by atoms with E-state index in [4.69, 9.17) is 15.2 Å². The van der Waals surface area contributed by atoms with E-state index < -0.39 is 59.3 Å². The summed E-state index contributed by atoms with van der Waals surface area (Å²) in [4.78, 5) is 47.9. The molecule has 3 N–H and O–H groups in total. The molecule has 0 spiro atoms. The highest BCUT2D eigenvalue weighted by atomic mass is 19.1. The molecule has 148 valence electrons. The zero-order chi connectivity index (χ0) is 20.6. The zero-order valence-electron chi connectivity index (χ0n) is 14.8. The number of carbonyl (C=O) groups excluding carboxylic acids is 4. The van der Waals surface area contributed by atoms with Gasteiger partial charge in [-0.3, -0.25) is 19.2 Å². The molecule has 1 aromatic carbocycles. The molecule has 2 atom stereocenters. The number of nitrogens with two attached hydrogens (primary N) is 1. The highest BCUT2D eigenvalue weighted by Crippen LogP contribution is 2.16. The summed E-state index contributed by atoms with van der Waals surface area (Å²) < 4.78 is 36.3. The van der Waals surface area contributed by atoms with Crippen molar-refractivity contribution >= 4 is 23.8 Å². The van der Waals surface area contributed by atoms with Crippen molar-refractivity contribution in [2.45, 2.75) is 26.3 Å². The smallest absolute Gasteiger partial charge is 0.312 e. The molecule has 0 unspecified atom stereocenters. The molecule has 0 heterocycles. The van der Waals surface area contributed by atoms with Gasteiger partial charge in [0, 0.05) is 6.07 Å². The number of carbonyl (C=O) groups is 4. The first-order chi connectivity index (χ1) is 12.7. The SMILES string of the molecule is CCOC(=O)C[C@H](C(=O)OCC)[C@@H](NC(=O)c1ccc(F)cc1F)C(N)=O. The van der Waals surface area contributed by atoms with E-state index in [9.17, 15) is 28.0 Å². The average Bonchev–Trinajstić information content (AvgIpc) is 2.57. The Morgan fingerprint density at radius 1 is 1.11 bits per heavy atom. The predicted molar refractivity (Wildman–Crippen MR) is 88.2 cm³/mol. The van der Waals surface area contributed by atoms with Crippen LogP contribution in [0.4, 0.5) is 8.78 Å². The van der Waals surface area contributed by atoms with Gasteiger partial charge >= 0.3 is 11.9 Å². The lowest BCUT2D eigenvalue weighted by Gasteiger charge is -2.23. The number of halogens is 2. The number of hydrogen-bond acceptors (Lipinski definition) is 6. The summed E-state index contributed by atoms with van der Waals surface area (Å²) in [6, 6.07) is 0.516. The summed E-state index contributed by atoms with van der Waals surface area (Å²) in [5.41, 5.74) is 4.67. The van der Waals surface area contributed by atoms with E-state index in [0.717, 1.165) is 12.1 Å². The number of rotatable bonds is 9. The molecule has 1 rings (SSSR count). The van der Waals surface area contributed by atoms with Gasteiger partial charge in [0.15, 0.2) is 0 Å². The summed E-state index contributed by atoms with van der Waals surface area (Å²) in [6.45, 7) is 3.03. The second-order valence-electron chi connectivity index (χ2n) is 5.35. The van der Waals surface area contributed by atoms with Crippen LogP contribution in [0.15, 0.2) is 18.2 Å². The van der Waals surface area contributed by atoms with Crippen molar-refractivity contribution in [3.63, 3.8) is 0 Å². The predicted octanol–water partition coefficient (Wildman–Crippen LogP) is 0.681. The monoisotopic (exact) mass is 386 g/mol. The van der Waals surface area contributed by atoms with E-state index in [1.54, 1.807) is 6.92 Å². The Hall–Kier alpha value is -3.04. The fraction of sp³-hybridized carbons (Fsp3) is 0.412. The molecule has 10 heteroatoms. The molecule has 0 aromatic heterocycles. The second kappa shape index (κ2) is 10.2. The summed E-state index contributed by atoms with van der Waals surface area (Å²) in [5, 5.41) is 2.10. The maximum absolute atomic E-state index is 13.8. The van der Waals surface area contributed by atoms with Crippen molar-refractivity contribution in [2.24, 2.45) is 11.7 Å². The van der Waals surface area contributed by atoms with Gasteiger partial charge in [0.2, 0.25) is 5.91 Å². The van der Waals surface area contributed by atoms with Gasteiger partial charge in [0.05, 0.1) is 31.1 Å². The van der Waals surface area contributed by atoms with E-state index in [0.29, 0.717) is 6.07 Å². The Labute approximate surface area is 154 Å². The third-order valence-electron chi connectivity index (χ3n) is 3.45. The van der Waals surface area contributed by atoms with E-state index in [1.165, 1.54) is 6.92 Å². The molecule has 27 heavy (non-hydrogen) atoms. The lowest BCUT2D eigenvalue weighted by Crippen LogP contribution is -2.52. The Morgan fingerprint density at radius 3 is 2.26 bits per heavy atom. The third kappa shape index (κ3) is 6.32. The summed E-state index contributed by atoms with van der Waals surface area (Å²) >= 11 is 0. The average molecular weight is 386 g/mol. The van der Waals surface area contributed by atoms with Crippen LogP contribution >= 0.6 is 0 Å². The van der Waals surface area contributed by atoms with E-state index in [-0.39, 0.29) is 13.2 Å². The zero-order valence-corrected chi connectivity index (χ0v) is 14.8. The van der Waals surface area contributed by atoms with Gasteiger partial charge in [0.1, 0.15) is 17.7 Å². The summed E-state index contributed by atoms with van der Waals surface area (Å²) in [7, 11) is 0. The highest BCUT2D eigenvalue weighted by Gasteiger charge is 2.37. The van der Waals surface area contributed by atoms with Crippen LogP contribution in [0, 0.1) is 17.6 Å². The van der Waals surface area contributed by atoms with E-state index in [2.05, 4.69) is 5.32 Å². The maximum Gasteiger partial charge on any atom is 0.312 e.